The molecule has 0 radical (unpaired) electrons. The maximum atomic E-state index is 8.43. The summed E-state index contributed by atoms with van der Waals surface area (Å²) in [7, 11) is 6.10. The molecule has 0 spiro atoms. The fraction of sp³-hybridized carbons (Fsp3) is 0.233. The summed E-state index contributed by atoms with van der Waals surface area (Å²) in [6.45, 7) is 9.06. The van der Waals surface area contributed by atoms with Gasteiger partial charge in [-0.15, -0.1) is 0 Å². The number of benzene rings is 6. The average molecular weight is 1210 g/mol. The largest absolute Gasteiger partial charge is 0.257 e. The van der Waals surface area contributed by atoms with Crippen molar-refractivity contribution in [3.8, 4) is 101 Å². The lowest BCUT2D eigenvalue weighted by Gasteiger charge is -2.21. The molecule has 0 aliphatic heterocycles. The van der Waals surface area contributed by atoms with Gasteiger partial charge in [-0.2, -0.15) is 0 Å². The molecule has 456 valence electrons. The number of hydrogen-bond donors (Lipinski definition) is 0. The standard InChI is InChI=1S/2C29H29N2.C28H27N2/c2*1-18-7-10-21(11-8-18)22-12-14-27(31(6)17-22)24-16-25-23-13-9-20(3)30-28(23)29(4,5)26(25)15-19(24)2;1-18-15-25-24(22-13-11-19(2)29-27(22)28(25,3)4)16-23(18)26-14-12-21(17-30(26)5)20-9-7-6-8-10-20/h2*7-17H,1-6H3;6-17H,1-5H3/q3*+1/i4D3,5D3;;3D3,4D3. The van der Waals surface area contributed by atoms with E-state index in [0.717, 1.165) is 61.6 Å². The second kappa shape index (κ2) is 23.2. The predicted molar refractivity (Wildman–Crippen MR) is 379 cm³/mol. The van der Waals surface area contributed by atoms with E-state index in [4.69, 9.17) is 21.4 Å². The van der Waals surface area contributed by atoms with Crippen LogP contribution in [0, 0.1) is 55.4 Å². The van der Waals surface area contributed by atoms with E-state index < -0.39 is 38.2 Å². The summed E-state index contributed by atoms with van der Waals surface area (Å²) in [6, 6.07) is 63.6. The Kier molecular flexibility index (Phi) is 12.1. The molecule has 3 aliphatic rings. The number of nitrogens with zero attached hydrogens (tertiary/aromatic N) is 6. The van der Waals surface area contributed by atoms with Gasteiger partial charge in [-0.3, -0.25) is 15.0 Å². The normalized spacial score (nSPS) is 16.2. The van der Waals surface area contributed by atoms with Crippen molar-refractivity contribution in [1.29, 1.82) is 0 Å². The van der Waals surface area contributed by atoms with Gasteiger partial charge in [-0.1, -0.05) is 168 Å². The minimum atomic E-state index is -2.83. The van der Waals surface area contributed by atoms with Crippen molar-refractivity contribution in [2.45, 2.75) is 113 Å². The lowest BCUT2D eigenvalue weighted by molar-refractivity contribution is -0.660. The zero-order valence-corrected chi connectivity index (χ0v) is 54.8. The molecule has 6 nitrogen and oxygen atoms in total. The van der Waals surface area contributed by atoms with Gasteiger partial charge in [0, 0.05) is 118 Å². The maximum absolute atomic E-state index is 8.43. The summed E-state index contributed by atoms with van der Waals surface area (Å²) in [5.74, 6) is 0. The van der Waals surface area contributed by atoms with Crippen LogP contribution in [0.5, 0.6) is 0 Å². The Labute approximate surface area is 562 Å². The number of fused-ring (bicyclic) bond motifs is 9. The fourth-order valence-electron chi connectivity index (χ4n) is 13.8. The van der Waals surface area contributed by atoms with Gasteiger partial charge < -0.3 is 0 Å². The molecule has 6 aromatic carbocycles. The molecule has 6 aromatic heterocycles. The summed E-state index contributed by atoms with van der Waals surface area (Å²) in [4.78, 5) is 14.0. The first-order valence-electron chi connectivity index (χ1n) is 37.5. The van der Waals surface area contributed by atoms with Crippen LogP contribution in [-0.4, -0.2) is 15.0 Å². The van der Waals surface area contributed by atoms with E-state index in [9.17, 15) is 0 Å². The Morgan fingerprint density at radius 2 is 0.587 bits per heavy atom. The van der Waals surface area contributed by atoms with E-state index in [0.29, 0.717) is 44.8 Å². The summed E-state index contributed by atoms with van der Waals surface area (Å²) in [5, 5.41) is 0. The number of aryl methyl sites for hydroxylation is 11. The summed E-state index contributed by atoms with van der Waals surface area (Å²) in [5.41, 5.74) is 24.6. The number of pyridine rings is 6. The van der Waals surface area contributed by atoms with Crippen LogP contribution in [0.15, 0.2) is 207 Å². The van der Waals surface area contributed by atoms with Crippen LogP contribution in [-0.2, 0) is 37.4 Å². The average Bonchev–Trinajstić information content (AvgIpc) is 1.51. The van der Waals surface area contributed by atoms with E-state index in [-0.39, 0.29) is 16.8 Å². The third-order valence-corrected chi connectivity index (χ3v) is 19.0. The van der Waals surface area contributed by atoms with Crippen LogP contribution >= 0.6 is 0 Å². The van der Waals surface area contributed by atoms with Gasteiger partial charge in [-0.25, -0.2) is 13.7 Å². The minimum absolute atomic E-state index is 0.0720. The van der Waals surface area contributed by atoms with Crippen LogP contribution in [0.1, 0.15) is 136 Å². The molecule has 15 rings (SSSR count). The molecular weight excluding hydrogens is 1120 g/mol. The van der Waals surface area contributed by atoms with Crippen molar-refractivity contribution in [2.24, 2.45) is 21.1 Å². The molecule has 0 N–H and O–H groups in total. The summed E-state index contributed by atoms with van der Waals surface area (Å²) < 4.78 is 107. The third-order valence-electron chi connectivity index (χ3n) is 19.0. The smallest absolute Gasteiger partial charge is 0.212 e. The number of aromatic nitrogens is 6. The summed E-state index contributed by atoms with van der Waals surface area (Å²) in [6.07, 6.45) is 6.36. The van der Waals surface area contributed by atoms with Gasteiger partial charge in [0.25, 0.3) is 0 Å². The highest BCUT2D eigenvalue weighted by molar-refractivity contribution is 5.87. The van der Waals surface area contributed by atoms with Crippen molar-refractivity contribution in [3.63, 3.8) is 0 Å². The van der Waals surface area contributed by atoms with Crippen LogP contribution in [0.25, 0.3) is 101 Å². The lowest BCUT2D eigenvalue weighted by Crippen LogP contribution is -2.31. The van der Waals surface area contributed by atoms with E-state index in [2.05, 4.69) is 191 Å². The van der Waals surface area contributed by atoms with Crippen LogP contribution in [0.2, 0.25) is 0 Å². The van der Waals surface area contributed by atoms with E-state index >= 15 is 0 Å². The van der Waals surface area contributed by atoms with E-state index in [1.165, 1.54) is 61.5 Å². The Hall–Kier alpha value is -9.78. The molecule has 0 bridgehead atoms. The van der Waals surface area contributed by atoms with Crippen molar-refractivity contribution in [1.82, 2.24) is 15.0 Å². The van der Waals surface area contributed by atoms with Gasteiger partial charge in [0.2, 0.25) is 17.1 Å². The van der Waals surface area contributed by atoms with Crippen molar-refractivity contribution < 1.29 is 30.2 Å². The number of rotatable bonds is 6. The van der Waals surface area contributed by atoms with Crippen LogP contribution in [0.4, 0.5) is 0 Å². The highest BCUT2D eigenvalue weighted by Gasteiger charge is 2.41. The first kappa shape index (κ1) is 48.1. The monoisotopic (exact) mass is 1210 g/mol. The van der Waals surface area contributed by atoms with Crippen LogP contribution in [0.3, 0.4) is 0 Å². The Balaban J connectivity index is 0.000000139. The summed E-state index contributed by atoms with van der Waals surface area (Å²) >= 11 is 0. The van der Waals surface area contributed by atoms with Gasteiger partial charge in [-0.05, 0) is 177 Å². The topological polar surface area (TPSA) is 50.3 Å². The predicted octanol–water partition coefficient (Wildman–Crippen LogP) is 19.1. The van der Waals surface area contributed by atoms with Crippen molar-refractivity contribution >= 4 is 0 Å². The van der Waals surface area contributed by atoms with Crippen LogP contribution < -0.4 is 13.7 Å². The maximum Gasteiger partial charge on any atom is 0.212 e. The molecule has 0 unspecified atom stereocenters. The van der Waals surface area contributed by atoms with Gasteiger partial charge >= 0.3 is 0 Å². The zero-order valence-electron chi connectivity index (χ0n) is 66.8. The second-order valence-electron chi connectivity index (χ2n) is 26.1. The molecule has 6 heteroatoms. The highest BCUT2D eigenvalue weighted by Crippen LogP contribution is 2.52. The van der Waals surface area contributed by atoms with Gasteiger partial charge in [0.05, 0.1) is 17.1 Å². The molecule has 0 amide bonds. The quantitative estimate of drug-likeness (QED) is 0.156. The molecule has 0 saturated heterocycles. The number of hydrogen-bond acceptors (Lipinski definition) is 3. The fourth-order valence-corrected chi connectivity index (χ4v) is 13.8. The zero-order chi connectivity index (χ0) is 74.9. The van der Waals surface area contributed by atoms with Gasteiger partial charge in [0.1, 0.15) is 21.1 Å². The Morgan fingerprint density at radius 3 is 0.902 bits per heavy atom. The molecule has 12 aromatic rings. The SMILES string of the molecule is Cc1ccc(-c2ccc(-c3cc4c(cc3C)C(C)(C)c3nc(C)ccc3-4)[n+](C)c2)cc1.[2H]C([2H])([2H])C1(C([2H])([2H])[2H])c2cc(C)c(-c3ccc(-c4ccc(C)cc4)c[n+]3C)cc2-c2ccc(C)nc21.[2H]C([2H])([2H])C1(C([2H])([2H])[2H])c2cc(C)c(-c3ccc(-c4ccccc4)c[n+]3C)cc2-c2ccc(C)nc21. The molecule has 92 heavy (non-hydrogen) atoms. The van der Waals surface area contributed by atoms with Crippen molar-refractivity contribution in [3.05, 3.63) is 285 Å². The lowest BCUT2D eigenvalue weighted by atomic mass is 9.83. The molecule has 0 fully saturated rings. The Bertz CT molecular complexity index is 5390. The van der Waals surface area contributed by atoms with E-state index in [1.54, 1.807) is 50.2 Å². The van der Waals surface area contributed by atoms with Crippen molar-refractivity contribution in [2.75, 3.05) is 0 Å². The minimum Gasteiger partial charge on any atom is -0.257 e. The molecule has 3 aliphatic carbocycles. The third kappa shape index (κ3) is 10.8. The van der Waals surface area contributed by atoms with E-state index in [1.807, 2.05) is 79.5 Å². The first-order valence-corrected chi connectivity index (χ1v) is 31.5. The molecule has 6 heterocycles. The molecule has 0 atom stereocenters. The second-order valence-corrected chi connectivity index (χ2v) is 26.1. The highest BCUT2D eigenvalue weighted by atomic mass is 14.9. The first-order chi connectivity index (χ1) is 48.9. The van der Waals surface area contributed by atoms with Gasteiger partial charge in [0.15, 0.2) is 18.6 Å². The molecule has 0 saturated carbocycles. The molecular formula is C86H85N6+3. The Morgan fingerprint density at radius 1 is 0.293 bits per heavy atom.